The van der Waals surface area contributed by atoms with Crippen LogP contribution in [0.25, 0.3) is 0 Å². The molecule has 1 aliphatic rings. The molecule has 0 amide bonds. The number of aliphatic hydroxyl groups excluding tert-OH is 2. The number of carbonyl (C=O) groups excluding carboxylic acids is 1. The summed E-state index contributed by atoms with van der Waals surface area (Å²) in [5.74, 6) is 0.0362. The van der Waals surface area contributed by atoms with E-state index in [1.54, 1.807) is 26.0 Å². The first-order valence-electron chi connectivity index (χ1n) is 8.93. The van der Waals surface area contributed by atoms with Gasteiger partial charge in [0, 0.05) is 15.9 Å². The molecule has 0 aromatic carbocycles. The number of aliphatic hydroxyl groups is 2. The van der Waals surface area contributed by atoms with E-state index in [2.05, 4.69) is 0 Å². The highest BCUT2D eigenvalue weighted by atomic mass is 16.3. The van der Waals surface area contributed by atoms with Crippen molar-refractivity contribution in [3.63, 3.8) is 0 Å². The van der Waals surface area contributed by atoms with Crippen LogP contribution in [-0.2, 0) is 4.79 Å². The highest BCUT2D eigenvalue weighted by molar-refractivity contribution is 5.97. The van der Waals surface area contributed by atoms with Crippen molar-refractivity contribution in [2.45, 2.75) is 59.4 Å². The standard InChI is InChI=1S/C18H28O3/c1-13(6-5-7-14(2)20)8-9-16-15(3)17(21)10-11-18(16,4)12-19/h6,8-9,14,19-20H,5,7,10-12H2,1-4H3/b9-8+,13-6+/t14?,18-/m1/s1/i1D3. The predicted octanol–water partition coefficient (Wildman–Crippen LogP) is 3.33. The lowest BCUT2D eigenvalue weighted by molar-refractivity contribution is -0.116. The van der Waals surface area contributed by atoms with Gasteiger partial charge in [0.25, 0.3) is 0 Å². The number of ketones is 1. The van der Waals surface area contributed by atoms with Crippen LogP contribution >= 0.6 is 0 Å². The maximum absolute atomic E-state index is 12.0. The number of hydrogen-bond donors (Lipinski definition) is 2. The van der Waals surface area contributed by atoms with Gasteiger partial charge in [0.2, 0.25) is 0 Å². The maximum Gasteiger partial charge on any atom is 0.158 e. The molecule has 3 heteroatoms. The molecule has 0 saturated heterocycles. The van der Waals surface area contributed by atoms with E-state index in [-0.39, 0.29) is 18.0 Å². The molecule has 1 rings (SSSR count). The zero-order valence-electron chi connectivity index (χ0n) is 16.1. The van der Waals surface area contributed by atoms with Crippen LogP contribution in [-0.4, -0.2) is 28.7 Å². The van der Waals surface area contributed by atoms with Crippen molar-refractivity contribution in [3.8, 4) is 0 Å². The first-order chi connectivity index (χ1) is 11.0. The van der Waals surface area contributed by atoms with E-state index in [9.17, 15) is 15.0 Å². The fraction of sp³-hybridized carbons (Fsp3) is 0.611. The van der Waals surface area contributed by atoms with Gasteiger partial charge in [-0.2, -0.15) is 0 Å². The molecule has 0 spiro atoms. The fourth-order valence-corrected chi connectivity index (χ4v) is 2.53. The van der Waals surface area contributed by atoms with Crippen molar-refractivity contribution >= 4 is 5.78 Å². The lowest BCUT2D eigenvalue weighted by Gasteiger charge is -2.34. The van der Waals surface area contributed by atoms with Gasteiger partial charge in [0.15, 0.2) is 5.78 Å². The van der Waals surface area contributed by atoms with Gasteiger partial charge in [-0.25, -0.2) is 0 Å². The average molecular weight is 295 g/mol. The van der Waals surface area contributed by atoms with Crippen molar-refractivity contribution in [2.24, 2.45) is 5.41 Å². The summed E-state index contributed by atoms with van der Waals surface area (Å²) in [6.45, 7) is 2.91. The Morgan fingerprint density at radius 3 is 2.86 bits per heavy atom. The Bertz CT molecular complexity index is 556. The van der Waals surface area contributed by atoms with Crippen LogP contribution in [0, 0.1) is 5.41 Å². The molecule has 3 nitrogen and oxygen atoms in total. The Kier molecular flexibility index (Phi) is 4.95. The van der Waals surface area contributed by atoms with Gasteiger partial charge < -0.3 is 10.2 Å². The summed E-state index contributed by atoms with van der Waals surface area (Å²) in [6.07, 6.45) is 6.19. The molecule has 1 aliphatic carbocycles. The molecule has 118 valence electrons. The van der Waals surface area contributed by atoms with Gasteiger partial charge in [-0.3, -0.25) is 4.79 Å². The molecule has 0 heterocycles. The van der Waals surface area contributed by atoms with Gasteiger partial charge in [0.05, 0.1) is 12.7 Å². The predicted molar refractivity (Wildman–Crippen MR) is 85.9 cm³/mol. The monoisotopic (exact) mass is 295 g/mol. The summed E-state index contributed by atoms with van der Waals surface area (Å²) in [6, 6.07) is 0. The second-order valence-corrected chi connectivity index (χ2v) is 6.10. The smallest absolute Gasteiger partial charge is 0.158 e. The van der Waals surface area contributed by atoms with Gasteiger partial charge in [-0.05, 0) is 51.1 Å². The summed E-state index contributed by atoms with van der Waals surface area (Å²) >= 11 is 0. The summed E-state index contributed by atoms with van der Waals surface area (Å²) in [7, 11) is 0. The molecule has 0 radical (unpaired) electrons. The molecular formula is C18H28O3. The van der Waals surface area contributed by atoms with Crippen LogP contribution < -0.4 is 0 Å². The zero-order chi connectivity index (χ0) is 18.5. The highest BCUT2D eigenvalue weighted by Crippen LogP contribution is 2.39. The average Bonchev–Trinajstić information content (AvgIpc) is 2.48. The topological polar surface area (TPSA) is 57.5 Å². The second-order valence-electron chi connectivity index (χ2n) is 6.10. The van der Waals surface area contributed by atoms with Gasteiger partial charge in [-0.15, -0.1) is 0 Å². The van der Waals surface area contributed by atoms with Crippen molar-refractivity contribution in [1.82, 2.24) is 0 Å². The fourth-order valence-electron chi connectivity index (χ4n) is 2.53. The van der Waals surface area contributed by atoms with Crippen molar-refractivity contribution in [1.29, 1.82) is 0 Å². The third-order valence-electron chi connectivity index (χ3n) is 4.10. The first-order valence-corrected chi connectivity index (χ1v) is 7.43. The van der Waals surface area contributed by atoms with E-state index in [0.29, 0.717) is 36.8 Å². The quantitative estimate of drug-likeness (QED) is 0.739. The summed E-state index contributed by atoms with van der Waals surface area (Å²) < 4.78 is 22.9. The molecule has 2 atom stereocenters. The normalized spacial score (nSPS) is 28.5. The Hall–Kier alpha value is -1.19. The molecule has 2 N–H and O–H groups in total. The molecule has 0 saturated carbocycles. The molecule has 0 aromatic heterocycles. The minimum absolute atomic E-state index is 0.0362. The van der Waals surface area contributed by atoms with Crippen LogP contribution in [0.15, 0.2) is 34.9 Å². The van der Waals surface area contributed by atoms with E-state index in [0.717, 1.165) is 0 Å². The molecule has 1 unspecified atom stereocenters. The lowest BCUT2D eigenvalue weighted by Crippen LogP contribution is -2.30. The minimum atomic E-state index is -2.27. The third kappa shape index (κ3) is 4.94. The van der Waals surface area contributed by atoms with Crippen molar-refractivity contribution in [3.05, 3.63) is 34.9 Å². The third-order valence-corrected chi connectivity index (χ3v) is 4.10. The molecule has 21 heavy (non-hydrogen) atoms. The van der Waals surface area contributed by atoms with Crippen LogP contribution in [0.5, 0.6) is 0 Å². The molecular weight excluding hydrogens is 264 g/mol. The van der Waals surface area contributed by atoms with E-state index in [1.807, 2.05) is 6.92 Å². The second kappa shape index (κ2) is 7.71. The van der Waals surface area contributed by atoms with Crippen molar-refractivity contribution in [2.75, 3.05) is 6.61 Å². The van der Waals surface area contributed by atoms with E-state index in [1.165, 1.54) is 6.08 Å². The van der Waals surface area contributed by atoms with E-state index < -0.39 is 18.4 Å². The molecule has 0 fully saturated rings. The van der Waals surface area contributed by atoms with Crippen molar-refractivity contribution < 1.29 is 19.1 Å². The number of hydrogen-bond acceptors (Lipinski definition) is 3. The summed E-state index contributed by atoms with van der Waals surface area (Å²) in [5, 5.41) is 19.0. The lowest BCUT2D eigenvalue weighted by atomic mass is 9.71. The number of Topliss-reactive ketones (excluding diaryl/α,β-unsaturated/α-hetero) is 1. The first kappa shape index (κ1) is 13.5. The van der Waals surface area contributed by atoms with Gasteiger partial charge >= 0.3 is 0 Å². The highest BCUT2D eigenvalue weighted by Gasteiger charge is 2.34. The van der Waals surface area contributed by atoms with E-state index >= 15 is 0 Å². The molecule has 0 aromatic rings. The Morgan fingerprint density at radius 1 is 1.57 bits per heavy atom. The van der Waals surface area contributed by atoms with Crippen LogP contribution in [0.2, 0.25) is 0 Å². The van der Waals surface area contributed by atoms with Crippen LogP contribution in [0.3, 0.4) is 0 Å². The van der Waals surface area contributed by atoms with Crippen LogP contribution in [0.4, 0.5) is 0 Å². The minimum Gasteiger partial charge on any atom is -0.395 e. The summed E-state index contributed by atoms with van der Waals surface area (Å²) in [5.41, 5.74) is 0.935. The maximum atomic E-state index is 12.0. The SMILES string of the molecule is [2H]C([2H])([2H])C(/C=C/C1=C(C)C(=O)CC[C@]1(C)CO)=C\CCC(C)O. The number of carbonyl (C=O) groups is 1. The number of allylic oxidation sites excluding steroid dienone is 5. The molecule has 0 aliphatic heterocycles. The Balaban J connectivity index is 3.15. The Morgan fingerprint density at radius 2 is 2.29 bits per heavy atom. The van der Waals surface area contributed by atoms with Gasteiger partial charge in [0.1, 0.15) is 0 Å². The zero-order valence-corrected chi connectivity index (χ0v) is 13.1. The largest absolute Gasteiger partial charge is 0.395 e. The molecule has 0 bridgehead atoms. The Labute approximate surface area is 132 Å². The van der Waals surface area contributed by atoms with Gasteiger partial charge in [-0.1, -0.05) is 30.7 Å². The van der Waals surface area contributed by atoms with Crippen LogP contribution in [0.1, 0.15) is 57.4 Å². The summed E-state index contributed by atoms with van der Waals surface area (Å²) in [4.78, 5) is 12.0. The number of rotatable bonds is 6. The van der Waals surface area contributed by atoms with E-state index in [4.69, 9.17) is 4.11 Å².